The van der Waals surface area contributed by atoms with Crippen molar-refractivity contribution in [3.05, 3.63) is 57.2 Å². The molecular formula is C23H27N3O4S2. The number of rotatable bonds is 6. The number of piperidine rings is 1. The average Bonchev–Trinajstić information content (AvgIpc) is 3.10. The van der Waals surface area contributed by atoms with Crippen LogP contribution in [0.2, 0.25) is 0 Å². The number of thiazole rings is 1. The molecule has 2 aromatic carbocycles. The number of anilines is 1. The molecule has 1 amide bonds. The first-order chi connectivity index (χ1) is 15.3. The third-order valence-electron chi connectivity index (χ3n) is 6.06. The lowest BCUT2D eigenvalue weighted by Gasteiger charge is -2.26. The number of aromatic nitrogens is 1. The monoisotopic (exact) mass is 473 g/mol. The van der Waals surface area contributed by atoms with Gasteiger partial charge in [-0.05, 0) is 68.5 Å². The molecule has 1 fully saturated rings. The van der Waals surface area contributed by atoms with Gasteiger partial charge in [-0.2, -0.15) is 0 Å². The zero-order chi connectivity index (χ0) is 22.9. The minimum atomic E-state index is -3.80. The summed E-state index contributed by atoms with van der Waals surface area (Å²) in [5.41, 5.74) is 3.05. The summed E-state index contributed by atoms with van der Waals surface area (Å²) in [5.74, 6) is 0.0628. The fourth-order valence-electron chi connectivity index (χ4n) is 4.00. The SMILES string of the molecule is Cc1cccc(NS(=O)(=O)c2ccc3c(c2)sc(=O)n3CCC(=O)N2CCCCC2)c1C. The molecule has 0 unspecified atom stereocenters. The first kappa shape index (κ1) is 22.5. The topological polar surface area (TPSA) is 88.5 Å². The Labute approximate surface area is 191 Å². The first-order valence-corrected chi connectivity index (χ1v) is 13.1. The van der Waals surface area contributed by atoms with Crippen LogP contribution in [0.1, 0.15) is 36.8 Å². The molecule has 1 aliphatic rings. The van der Waals surface area contributed by atoms with E-state index in [-0.39, 0.29) is 22.1 Å². The Morgan fingerprint density at radius 3 is 2.59 bits per heavy atom. The molecule has 32 heavy (non-hydrogen) atoms. The molecule has 170 valence electrons. The van der Waals surface area contributed by atoms with Crippen LogP contribution in [0.3, 0.4) is 0 Å². The summed E-state index contributed by atoms with van der Waals surface area (Å²) >= 11 is 0.998. The normalized spacial score (nSPS) is 14.6. The Hall–Kier alpha value is -2.65. The molecule has 3 aromatic rings. The molecular weight excluding hydrogens is 446 g/mol. The lowest BCUT2D eigenvalue weighted by atomic mass is 10.1. The van der Waals surface area contributed by atoms with Gasteiger partial charge in [-0.25, -0.2) is 8.42 Å². The average molecular weight is 474 g/mol. The molecule has 1 saturated heterocycles. The summed E-state index contributed by atoms with van der Waals surface area (Å²) in [5, 5.41) is 0. The lowest BCUT2D eigenvalue weighted by molar-refractivity contribution is -0.132. The van der Waals surface area contributed by atoms with Crippen LogP contribution in [0.25, 0.3) is 10.2 Å². The van der Waals surface area contributed by atoms with E-state index in [1.807, 2.05) is 24.8 Å². The number of carbonyl (C=O) groups is 1. The van der Waals surface area contributed by atoms with Crippen LogP contribution in [0, 0.1) is 13.8 Å². The predicted octanol–water partition coefficient (Wildman–Crippen LogP) is 3.88. The van der Waals surface area contributed by atoms with Crippen LogP contribution in [0.15, 0.2) is 46.1 Å². The van der Waals surface area contributed by atoms with Crippen LogP contribution in [0.4, 0.5) is 5.69 Å². The molecule has 7 nitrogen and oxygen atoms in total. The highest BCUT2D eigenvalue weighted by atomic mass is 32.2. The van der Waals surface area contributed by atoms with Gasteiger partial charge in [-0.15, -0.1) is 0 Å². The maximum Gasteiger partial charge on any atom is 0.308 e. The molecule has 0 aliphatic carbocycles. The van der Waals surface area contributed by atoms with Crippen LogP contribution in [-0.4, -0.2) is 36.9 Å². The fraction of sp³-hybridized carbons (Fsp3) is 0.391. The minimum absolute atomic E-state index is 0.0628. The number of hydrogen-bond donors (Lipinski definition) is 1. The highest BCUT2D eigenvalue weighted by Gasteiger charge is 2.20. The number of nitrogens with one attached hydrogen (secondary N) is 1. The van der Waals surface area contributed by atoms with Gasteiger partial charge in [-0.3, -0.25) is 18.9 Å². The predicted molar refractivity (Wildman–Crippen MR) is 128 cm³/mol. The van der Waals surface area contributed by atoms with Gasteiger partial charge in [0, 0.05) is 26.1 Å². The molecule has 1 aliphatic heterocycles. The number of benzene rings is 2. The molecule has 1 aromatic heterocycles. The van der Waals surface area contributed by atoms with Crippen molar-refractivity contribution >= 4 is 43.2 Å². The van der Waals surface area contributed by atoms with Crippen molar-refractivity contribution in [3.8, 4) is 0 Å². The Kier molecular flexibility index (Phi) is 6.39. The Morgan fingerprint density at radius 2 is 1.84 bits per heavy atom. The standard InChI is InChI=1S/C23H27N3O4S2/c1-16-7-6-8-19(17(16)2)24-32(29,30)18-9-10-20-21(15-18)31-23(28)26(20)14-11-22(27)25-12-4-3-5-13-25/h6-10,15,24H,3-5,11-14H2,1-2H3. The molecule has 2 heterocycles. The zero-order valence-electron chi connectivity index (χ0n) is 18.3. The first-order valence-electron chi connectivity index (χ1n) is 10.8. The number of nitrogens with zero attached hydrogens (tertiary/aromatic N) is 2. The molecule has 0 bridgehead atoms. The summed E-state index contributed by atoms with van der Waals surface area (Å²) < 4.78 is 30.7. The van der Waals surface area contributed by atoms with Crippen LogP contribution >= 0.6 is 11.3 Å². The van der Waals surface area contributed by atoms with Crippen LogP contribution in [-0.2, 0) is 21.4 Å². The van der Waals surface area contributed by atoms with Crippen LogP contribution < -0.4 is 9.60 Å². The number of carbonyl (C=O) groups excluding carboxylic acids is 1. The molecule has 4 rings (SSSR count). The Balaban J connectivity index is 1.55. The lowest BCUT2D eigenvalue weighted by Crippen LogP contribution is -2.36. The van der Waals surface area contributed by atoms with Crippen LogP contribution in [0.5, 0.6) is 0 Å². The maximum absolute atomic E-state index is 12.9. The molecule has 0 spiro atoms. The Bertz CT molecular complexity index is 1320. The van der Waals surface area contributed by atoms with E-state index in [0.29, 0.717) is 22.4 Å². The van der Waals surface area contributed by atoms with Gasteiger partial charge >= 0.3 is 4.87 Å². The van der Waals surface area contributed by atoms with E-state index < -0.39 is 10.0 Å². The molecule has 0 saturated carbocycles. The van der Waals surface area contributed by atoms with E-state index >= 15 is 0 Å². The summed E-state index contributed by atoms with van der Waals surface area (Å²) in [7, 11) is -3.80. The largest absolute Gasteiger partial charge is 0.343 e. The van der Waals surface area contributed by atoms with E-state index in [9.17, 15) is 18.0 Å². The van der Waals surface area contributed by atoms with Gasteiger partial charge in [0.15, 0.2) is 0 Å². The maximum atomic E-state index is 12.9. The molecule has 0 atom stereocenters. The summed E-state index contributed by atoms with van der Waals surface area (Å²) in [6.07, 6.45) is 3.47. The van der Waals surface area contributed by atoms with E-state index in [0.717, 1.165) is 54.8 Å². The van der Waals surface area contributed by atoms with Gasteiger partial charge < -0.3 is 4.90 Å². The number of amides is 1. The second-order valence-electron chi connectivity index (χ2n) is 8.19. The van der Waals surface area contributed by atoms with Crippen molar-refractivity contribution in [1.29, 1.82) is 0 Å². The zero-order valence-corrected chi connectivity index (χ0v) is 19.9. The summed E-state index contributed by atoms with van der Waals surface area (Å²) in [6, 6.07) is 10.1. The fourth-order valence-corrected chi connectivity index (χ4v) is 6.18. The van der Waals surface area contributed by atoms with Gasteiger partial charge in [0.05, 0.1) is 20.8 Å². The number of aryl methyl sites for hydroxylation is 2. The van der Waals surface area contributed by atoms with Gasteiger partial charge in [-0.1, -0.05) is 23.5 Å². The Morgan fingerprint density at radius 1 is 1.09 bits per heavy atom. The van der Waals surface area contributed by atoms with E-state index in [2.05, 4.69) is 4.72 Å². The number of sulfonamides is 1. The summed E-state index contributed by atoms with van der Waals surface area (Å²) in [4.78, 5) is 26.8. The summed E-state index contributed by atoms with van der Waals surface area (Å²) in [6.45, 7) is 5.66. The molecule has 0 radical (unpaired) electrons. The van der Waals surface area contributed by atoms with Crippen molar-refractivity contribution in [2.24, 2.45) is 0 Å². The van der Waals surface area contributed by atoms with Gasteiger partial charge in [0.25, 0.3) is 10.0 Å². The third-order valence-corrected chi connectivity index (χ3v) is 8.36. The molecule has 1 N–H and O–H groups in total. The second kappa shape index (κ2) is 9.07. The number of fused-ring (bicyclic) bond motifs is 1. The van der Waals surface area contributed by atoms with E-state index in [1.165, 1.54) is 12.1 Å². The van der Waals surface area contributed by atoms with E-state index in [1.54, 1.807) is 22.8 Å². The number of hydrogen-bond acceptors (Lipinski definition) is 5. The van der Waals surface area contributed by atoms with Crippen molar-refractivity contribution in [2.45, 2.75) is 51.0 Å². The van der Waals surface area contributed by atoms with Crippen molar-refractivity contribution < 1.29 is 13.2 Å². The highest BCUT2D eigenvalue weighted by molar-refractivity contribution is 7.92. The van der Waals surface area contributed by atoms with Crippen molar-refractivity contribution in [3.63, 3.8) is 0 Å². The van der Waals surface area contributed by atoms with Gasteiger partial charge in [0.2, 0.25) is 5.91 Å². The minimum Gasteiger partial charge on any atom is -0.343 e. The van der Waals surface area contributed by atoms with Gasteiger partial charge in [0.1, 0.15) is 0 Å². The van der Waals surface area contributed by atoms with Crippen molar-refractivity contribution in [1.82, 2.24) is 9.47 Å². The number of likely N-dealkylation sites (tertiary alicyclic amines) is 1. The van der Waals surface area contributed by atoms with E-state index in [4.69, 9.17) is 0 Å². The second-order valence-corrected chi connectivity index (χ2v) is 10.9. The third kappa shape index (κ3) is 4.59. The quantitative estimate of drug-likeness (QED) is 0.588. The van der Waals surface area contributed by atoms with Crippen molar-refractivity contribution in [2.75, 3.05) is 17.8 Å². The molecule has 9 heteroatoms. The highest BCUT2D eigenvalue weighted by Crippen LogP contribution is 2.26. The smallest absolute Gasteiger partial charge is 0.308 e.